The van der Waals surface area contributed by atoms with Crippen molar-refractivity contribution in [2.24, 2.45) is 0 Å². The van der Waals surface area contributed by atoms with E-state index in [4.69, 9.17) is 9.47 Å². The molecule has 22 heavy (non-hydrogen) atoms. The van der Waals surface area contributed by atoms with E-state index in [-0.39, 0.29) is 30.2 Å². The molecular weight excluding hydrogens is 284 g/mol. The van der Waals surface area contributed by atoms with Crippen LogP contribution in [0.15, 0.2) is 0 Å². The molecule has 1 unspecified atom stereocenters. The lowest BCUT2D eigenvalue weighted by Gasteiger charge is -2.31. The summed E-state index contributed by atoms with van der Waals surface area (Å²) in [6, 6.07) is 0.141. The second-order valence-electron chi connectivity index (χ2n) is 6.84. The van der Waals surface area contributed by atoms with E-state index >= 15 is 0 Å². The molecule has 0 saturated heterocycles. The molecule has 2 N–H and O–H groups in total. The van der Waals surface area contributed by atoms with Crippen molar-refractivity contribution in [2.45, 2.75) is 84.0 Å². The van der Waals surface area contributed by atoms with Gasteiger partial charge >= 0.3 is 12.1 Å². The molecule has 1 amide bonds. The third kappa shape index (κ3) is 7.11. The molecule has 0 aromatic carbocycles. The summed E-state index contributed by atoms with van der Waals surface area (Å²) in [7, 11) is 0. The summed E-state index contributed by atoms with van der Waals surface area (Å²) in [4.78, 5) is 23.3. The van der Waals surface area contributed by atoms with Crippen LogP contribution in [0.4, 0.5) is 4.79 Å². The molecule has 1 aliphatic rings. The molecule has 0 aliphatic heterocycles. The average Bonchev–Trinajstić information content (AvgIpc) is 2.39. The Balaban J connectivity index is 2.28. The summed E-state index contributed by atoms with van der Waals surface area (Å²) in [5.41, 5.74) is -0.474. The number of esters is 1. The molecule has 1 rings (SSSR count). The van der Waals surface area contributed by atoms with Crippen LogP contribution in [0, 0.1) is 0 Å². The number of amides is 1. The Bertz CT molecular complexity index is 371. The predicted octanol–water partition coefficient (Wildman–Crippen LogP) is 2.36. The Hall–Kier alpha value is -1.30. The van der Waals surface area contributed by atoms with Crippen LogP contribution in [0.5, 0.6) is 0 Å². The molecule has 1 aliphatic carbocycles. The van der Waals surface area contributed by atoms with Gasteiger partial charge in [-0.2, -0.15) is 0 Å². The summed E-state index contributed by atoms with van der Waals surface area (Å²) in [6.07, 6.45) is 3.25. The lowest BCUT2D eigenvalue weighted by Crippen LogP contribution is -2.47. The summed E-state index contributed by atoms with van der Waals surface area (Å²) < 4.78 is 10.3. The monoisotopic (exact) mass is 314 g/mol. The number of nitrogens with one attached hydrogen (secondary N) is 2. The standard InChI is InChI=1S/C16H30N2O4/c1-6-21-14(19)11(2)17-12-7-9-13(10-8-12)18-15(20)22-16(3,4)5/h11-13,17H,6-10H2,1-5H3,(H,18,20)/t11?,12-,13-. The second kappa shape index (κ2) is 8.36. The van der Waals surface area contributed by atoms with Crippen LogP contribution in [-0.2, 0) is 14.3 Å². The Morgan fingerprint density at radius 2 is 1.68 bits per heavy atom. The fourth-order valence-electron chi connectivity index (χ4n) is 2.57. The Morgan fingerprint density at radius 3 is 2.18 bits per heavy atom. The highest BCUT2D eigenvalue weighted by molar-refractivity contribution is 5.75. The summed E-state index contributed by atoms with van der Waals surface area (Å²) >= 11 is 0. The van der Waals surface area contributed by atoms with Crippen LogP contribution in [-0.4, -0.2) is 42.4 Å². The zero-order valence-electron chi connectivity index (χ0n) is 14.4. The van der Waals surface area contributed by atoms with Crippen LogP contribution in [0.1, 0.15) is 60.3 Å². The summed E-state index contributed by atoms with van der Waals surface area (Å²) in [6.45, 7) is 9.58. The molecule has 128 valence electrons. The van der Waals surface area contributed by atoms with Crippen LogP contribution in [0.2, 0.25) is 0 Å². The number of carbonyl (C=O) groups excluding carboxylic acids is 2. The molecule has 0 spiro atoms. The first kappa shape index (κ1) is 18.7. The number of carbonyl (C=O) groups is 2. The molecule has 0 aromatic heterocycles. The topological polar surface area (TPSA) is 76.7 Å². The Morgan fingerprint density at radius 1 is 1.14 bits per heavy atom. The second-order valence-corrected chi connectivity index (χ2v) is 6.84. The molecule has 0 aromatic rings. The maximum absolute atomic E-state index is 11.7. The fourth-order valence-corrected chi connectivity index (χ4v) is 2.57. The first-order chi connectivity index (χ1) is 10.2. The third-order valence-electron chi connectivity index (χ3n) is 3.57. The first-order valence-electron chi connectivity index (χ1n) is 8.13. The van der Waals surface area contributed by atoms with E-state index < -0.39 is 5.60 Å². The van der Waals surface area contributed by atoms with Gasteiger partial charge in [0.15, 0.2) is 0 Å². The van der Waals surface area contributed by atoms with Gasteiger partial charge in [0.2, 0.25) is 0 Å². The maximum atomic E-state index is 11.7. The lowest BCUT2D eigenvalue weighted by molar-refractivity contribution is -0.145. The molecule has 1 fully saturated rings. The van der Waals surface area contributed by atoms with Crippen LogP contribution in [0.3, 0.4) is 0 Å². The van der Waals surface area contributed by atoms with Gasteiger partial charge in [-0.15, -0.1) is 0 Å². The number of hydrogen-bond donors (Lipinski definition) is 2. The minimum atomic E-state index is -0.474. The van der Waals surface area contributed by atoms with Gasteiger partial charge in [-0.1, -0.05) is 0 Å². The van der Waals surface area contributed by atoms with E-state index in [2.05, 4.69) is 10.6 Å². The minimum Gasteiger partial charge on any atom is -0.465 e. The van der Waals surface area contributed by atoms with Crippen LogP contribution in [0.25, 0.3) is 0 Å². The van der Waals surface area contributed by atoms with Gasteiger partial charge in [0.05, 0.1) is 6.61 Å². The zero-order valence-corrected chi connectivity index (χ0v) is 14.4. The molecular formula is C16H30N2O4. The smallest absolute Gasteiger partial charge is 0.407 e. The van der Waals surface area contributed by atoms with Crippen LogP contribution >= 0.6 is 0 Å². The highest BCUT2D eigenvalue weighted by atomic mass is 16.6. The predicted molar refractivity (Wildman–Crippen MR) is 84.6 cm³/mol. The van der Waals surface area contributed by atoms with Gasteiger partial charge in [0, 0.05) is 12.1 Å². The largest absolute Gasteiger partial charge is 0.465 e. The van der Waals surface area contributed by atoms with Gasteiger partial charge in [0.25, 0.3) is 0 Å². The molecule has 1 atom stereocenters. The van der Waals surface area contributed by atoms with Crippen molar-refractivity contribution in [1.29, 1.82) is 0 Å². The van der Waals surface area contributed by atoms with E-state index in [1.165, 1.54) is 0 Å². The number of alkyl carbamates (subject to hydrolysis) is 1. The van der Waals surface area contributed by atoms with Crippen molar-refractivity contribution in [3.8, 4) is 0 Å². The van der Waals surface area contributed by atoms with Crippen molar-refractivity contribution in [2.75, 3.05) is 6.61 Å². The molecule has 0 bridgehead atoms. The third-order valence-corrected chi connectivity index (χ3v) is 3.57. The lowest BCUT2D eigenvalue weighted by atomic mass is 9.91. The van der Waals surface area contributed by atoms with Crippen LogP contribution < -0.4 is 10.6 Å². The molecule has 0 radical (unpaired) electrons. The van der Waals surface area contributed by atoms with Crippen molar-refractivity contribution in [3.05, 3.63) is 0 Å². The SMILES string of the molecule is CCOC(=O)C(C)N[C@H]1CC[C@H](NC(=O)OC(C)(C)C)CC1. The van der Waals surface area contributed by atoms with Crippen molar-refractivity contribution in [3.63, 3.8) is 0 Å². The van der Waals surface area contributed by atoms with Gasteiger partial charge in [-0.3, -0.25) is 4.79 Å². The van der Waals surface area contributed by atoms with Crippen molar-refractivity contribution >= 4 is 12.1 Å². The van der Waals surface area contributed by atoms with E-state index in [1.807, 2.05) is 27.7 Å². The minimum absolute atomic E-state index is 0.144. The Kier molecular flexibility index (Phi) is 7.13. The van der Waals surface area contributed by atoms with E-state index in [9.17, 15) is 9.59 Å². The Labute approximate surface area is 133 Å². The fraction of sp³-hybridized carbons (Fsp3) is 0.875. The highest BCUT2D eigenvalue weighted by Crippen LogP contribution is 2.20. The van der Waals surface area contributed by atoms with E-state index in [1.54, 1.807) is 6.92 Å². The first-order valence-corrected chi connectivity index (χ1v) is 8.13. The van der Waals surface area contributed by atoms with Gasteiger partial charge in [-0.25, -0.2) is 4.79 Å². The normalized spacial score (nSPS) is 23.5. The molecule has 6 heteroatoms. The highest BCUT2D eigenvalue weighted by Gasteiger charge is 2.26. The van der Waals surface area contributed by atoms with Crippen molar-refractivity contribution in [1.82, 2.24) is 10.6 Å². The van der Waals surface area contributed by atoms with Gasteiger partial charge < -0.3 is 20.1 Å². The molecule has 1 saturated carbocycles. The molecule has 0 heterocycles. The number of ether oxygens (including phenoxy) is 2. The quantitative estimate of drug-likeness (QED) is 0.762. The van der Waals surface area contributed by atoms with E-state index in [0.29, 0.717) is 6.61 Å². The maximum Gasteiger partial charge on any atom is 0.407 e. The zero-order chi connectivity index (χ0) is 16.8. The van der Waals surface area contributed by atoms with Gasteiger partial charge in [-0.05, 0) is 60.3 Å². The van der Waals surface area contributed by atoms with Gasteiger partial charge in [0.1, 0.15) is 11.6 Å². The number of hydrogen-bond acceptors (Lipinski definition) is 5. The number of rotatable bonds is 5. The summed E-state index contributed by atoms with van der Waals surface area (Å²) in [5.74, 6) is -0.212. The van der Waals surface area contributed by atoms with E-state index in [0.717, 1.165) is 25.7 Å². The summed E-state index contributed by atoms with van der Waals surface area (Å²) in [5, 5.41) is 6.21. The molecule has 6 nitrogen and oxygen atoms in total. The average molecular weight is 314 g/mol. The van der Waals surface area contributed by atoms with Crippen molar-refractivity contribution < 1.29 is 19.1 Å².